The van der Waals surface area contributed by atoms with Crippen molar-refractivity contribution in [3.05, 3.63) is 46.9 Å². The zero-order valence-electron chi connectivity index (χ0n) is 14.3. The molecule has 124 valence electrons. The van der Waals surface area contributed by atoms with Crippen LogP contribution in [0.4, 0.5) is 4.39 Å². The topological polar surface area (TPSA) is 22.1 Å². The fourth-order valence-corrected chi connectivity index (χ4v) is 2.85. The van der Waals surface area contributed by atoms with Crippen molar-refractivity contribution < 1.29 is 9.13 Å². The molecule has 1 aliphatic rings. The van der Waals surface area contributed by atoms with Gasteiger partial charge >= 0.3 is 0 Å². The van der Waals surface area contributed by atoms with Gasteiger partial charge in [-0.2, -0.15) is 0 Å². The van der Waals surface area contributed by atoms with Crippen molar-refractivity contribution in [2.24, 2.45) is 5.92 Å². The summed E-state index contributed by atoms with van der Waals surface area (Å²) < 4.78 is 19.0. The highest BCUT2D eigenvalue weighted by molar-refractivity contribution is 6.29. The van der Waals surface area contributed by atoms with Crippen LogP contribution in [0.2, 0.25) is 5.15 Å². The molecule has 0 spiro atoms. The third-order valence-electron chi connectivity index (χ3n) is 4.47. The Morgan fingerprint density at radius 3 is 2.39 bits per heavy atom. The van der Waals surface area contributed by atoms with Crippen molar-refractivity contribution >= 4 is 11.6 Å². The van der Waals surface area contributed by atoms with Gasteiger partial charge in [0.1, 0.15) is 22.4 Å². The van der Waals surface area contributed by atoms with Gasteiger partial charge in [-0.05, 0) is 36.2 Å². The van der Waals surface area contributed by atoms with E-state index in [1.807, 2.05) is 19.9 Å². The first kappa shape index (κ1) is 17.7. The summed E-state index contributed by atoms with van der Waals surface area (Å²) in [7, 11) is 0. The van der Waals surface area contributed by atoms with Gasteiger partial charge in [0.05, 0.1) is 6.61 Å². The third-order valence-corrected chi connectivity index (χ3v) is 4.66. The predicted octanol–water partition coefficient (Wildman–Crippen LogP) is 5.87. The average molecular weight is 336 g/mol. The molecule has 1 atom stereocenters. The lowest BCUT2D eigenvalue weighted by Gasteiger charge is -2.27. The van der Waals surface area contributed by atoms with Crippen molar-refractivity contribution in [1.29, 1.82) is 0 Å². The molecule has 1 unspecified atom stereocenters. The fraction of sp³-hybridized carbons (Fsp3) is 0.421. The first-order chi connectivity index (χ1) is 10.9. The Labute approximate surface area is 142 Å². The van der Waals surface area contributed by atoms with Crippen LogP contribution in [0.15, 0.2) is 30.3 Å². The van der Waals surface area contributed by atoms with E-state index in [1.165, 1.54) is 12.1 Å². The van der Waals surface area contributed by atoms with Crippen molar-refractivity contribution in [1.82, 2.24) is 4.98 Å². The summed E-state index contributed by atoms with van der Waals surface area (Å²) in [5.41, 5.74) is 2.48. The fourth-order valence-electron chi connectivity index (χ4n) is 2.65. The van der Waals surface area contributed by atoms with Gasteiger partial charge in [-0.3, -0.25) is 0 Å². The Bertz CT molecular complexity index is 685. The van der Waals surface area contributed by atoms with Gasteiger partial charge in [-0.1, -0.05) is 46.2 Å². The maximum absolute atomic E-state index is 13.1. The summed E-state index contributed by atoms with van der Waals surface area (Å²) in [5, 5.41) is 0.436. The third kappa shape index (κ3) is 3.20. The number of hydrogen-bond acceptors (Lipinski definition) is 2. The molecular formula is C19H23ClFNO. The monoisotopic (exact) mass is 335 g/mol. The zero-order valence-corrected chi connectivity index (χ0v) is 15.0. The van der Waals surface area contributed by atoms with E-state index in [-0.39, 0.29) is 11.2 Å². The number of hydrogen-bond donors (Lipinski definition) is 0. The summed E-state index contributed by atoms with van der Waals surface area (Å²) in [6.45, 7) is 11.1. The molecule has 4 heteroatoms. The van der Waals surface area contributed by atoms with Gasteiger partial charge in [-0.15, -0.1) is 0 Å². The Morgan fingerprint density at radius 2 is 1.83 bits per heavy atom. The second-order valence-corrected chi connectivity index (χ2v) is 6.43. The summed E-state index contributed by atoms with van der Waals surface area (Å²) in [6.07, 6.45) is 0. The average Bonchev–Trinajstić information content (AvgIpc) is 2.88. The van der Waals surface area contributed by atoms with Crippen LogP contribution >= 0.6 is 11.6 Å². The zero-order chi connectivity index (χ0) is 17.2. The number of rotatable bonds is 2. The van der Waals surface area contributed by atoms with E-state index in [2.05, 4.69) is 25.8 Å². The molecule has 0 saturated carbocycles. The maximum Gasteiger partial charge on any atom is 0.149 e. The number of halogens is 2. The van der Waals surface area contributed by atoms with E-state index in [9.17, 15) is 4.39 Å². The molecule has 0 fully saturated rings. The first-order valence-electron chi connectivity index (χ1n) is 8.01. The van der Waals surface area contributed by atoms with Gasteiger partial charge in [0, 0.05) is 16.5 Å². The van der Waals surface area contributed by atoms with Crippen LogP contribution in [0.5, 0.6) is 5.75 Å². The highest BCUT2D eigenvalue weighted by atomic mass is 35.5. The van der Waals surface area contributed by atoms with Gasteiger partial charge in [0.15, 0.2) is 0 Å². The molecule has 0 aliphatic carbocycles. The summed E-state index contributed by atoms with van der Waals surface area (Å²) >= 11 is 6.20. The Balaban J connectivity index is 0.000000924. The second-order valence-electron chi connectivity index (χ2n) is 6.04. The molecule has 0 radical (unpaired) electrons. The Morgan fingerprint density at radius 1 is 1.22 bits per heavy atom. The normalized spacial score (nSPS) is 19.0. The molecule has 0 saturated heterocycles. The predicted molar refractivity (Wildman–Crippen MR) is 93.7 cm³/mol. The molecule has 3 rings (SSSR count). The number of aromatic nitrogens is 1. The molecule has 23 heavy (non-hydrogen) atoms. The van der Waals surface area contributed by atoms with Crippen molar-refractivity contribution in [2.75, 3.05) is 6.61 Å². The maximum atomic E-state index is 13.1. The minimum Gasteiger partial charge on any atom is -0.490 e. The molecule has 1 aromatic carbocycles. The quantitative estimate of drug-likeness (QED) is 0.640. The van der Waals surface area contributed by atoms with Crippen molar-refractivity contribution in [2.45, 2.75) is 40.0 Å². The highest BCUT2D eigenvalue weighted by Crippen LogP contribution is 2.48. The van der Waals surface area contributed by atoms with Crippen LogP contribution in [0, 0.1) is 11.7 Å². The smallest absolute Gasteiger partial charge is 0.149 e. The lowest BCUT2D eigenvalue weighted by Crippen LogP contribution is -2.30. The molecule has 1 aromatic heterocycles. The standard InChI is InChI=1S/C17H17ClFNO.C2H6/c1-10(2)17(3)9-21-16-13(17)8-14(18)20-15(16)11-4-6-12(19)7-5-11;1-2/h4-8,10H,9H2,1-3H3;1-2H3. The number of benzene rings is 1. The number of pyridine rings is 1. The Kier molecular flexibility index (Phi) is 5.30. The van der Waals surface area contributed by atoms with Crippen LogP contribution < -0.4 is 4.74 Å². The minimum atomic E-state index is -0.273. The second kappa shape index (κ2) is 6.88. The molecule has 0 bridgehead atoms. The van der Waals surface area contributed by atoms with Crippen LogP contribution in [0.25, 0.3) is 11.3 Å². The first-order valence-corrected chi connectivity index (χ1v) is 8.39. The number of fused-ring (bicyclic) bond motifs is 1. The van der Waals surface area contributed by atoms with Crippen LogP contribution in [-0.2, 0) is 5.41 Å². The molecule has 2 heterocycles. The molecule has 2 aromatic rings. The molecule has 0 amide bonds. The van der Waals surface area contributed by atoms with E-state index >= 15 is 0 Å². The number of ether oxygens (including phenoxy) is 1. The van der Waals surface area contributed by atoms with Gasteiger partial charge in [0.2, 0.25) is 0 Å². The lowest BCUT2D eigenvalue weighted by molar-refractivity contribution is 0.231. The van der Waals surface area contributed by atoms with E-state index in [1.54, 1.807) is 12.1 Å². The summed E-state index contributed by atoms with van der Waals surface area (Å²) in [5.74, 6) is 0.908. The minimum absolute atomic E-state index is 0.0866. The van der Waals surface area contributed by atoms with E-state index in [0.29, 0.717) is 23.4 Å². The summed E-state index contributed by atoms with van der Waals surface area (Å²) in [4.78, 5) is 4.39. The van der Waals surface area contributed by atoms with Crippen LogP contribution in [0.3, 0.4) is 0 Å². The van der Waals surface area contributed by atoms with Crippen LogP contribution in [-0.4, -0.2) is 11.6 Å². The lowest BCUT2D eigenvalue weighted by atomic mass is 9.75. The molecule has 0 N–H and O–H groups in total. The number of nitrogens with zero attached hydrogens (tertiary/aromatic N) is 1. The Hall–Kier alpha value is -1.61. The highest BCUT2D eigenvalue weighted by Gasteiger charge is 2.41. The van der Waals surface area contributed by atoms with Crippen LogP contribution in [0.1, 0.15) is 40.2 Å². The van der Waals surface area contributed by atoms with E-state index in [4.69, 9.17) is 16.3 Å². The molecular weight excluding hydrogens is 313 g/mol. The summed E-state index contributed by atoms with van der Waals surface area (Å²) in [6, 6.07) is 8.12. The van der Waals surface area contributed by atoms with Gasteiger partial charge < -0.3 is 4.74 Å². The SMILES string of the molecule is CC.CC(C)C1(C)COc2c1cc(Cl)nc2-c1ccc(F)cc1. The molecule has 2 nitrogen and oxygen atoms in total. The van der Waals surface area contributed by atoms with E-state index < -0.39 is 0 Å². The largest absolute Gasteiger partial charge is 0.490 e. The van der Waals surface area contributed by atoms with Crippen molar-refractivity contribution in [3.8, 4) is 17.0 Å². The van der Waals surface area contributed by atoms with Gasteiger partial charge in [-0.25, -0.2) is 9.37 Å². The van der Waals surface area contributed by atoms with E-state index in [0.717, 1.165) is 16.9 Å². The molecule has 1 aliphatic heterocycles. The van der Waals surface area contributed by atoms with Crippen molar-refractivity contribution in [3.63, 3.8) is 0 Å². The van der Waals surface area contributed by atoms with Gasteiger partial charge in [0.25, 0.3) is 0 Å².